The van der Waals surface area contributed by atoms with E-state index in [0.717, 1.165) is 32.1 Å². The molecule has 1 aromatic carbocycles. The van der Waals surface area contributed by atoms with E-state index < -0.39 is 4.92 Å². The first-order valence-corrected chi connectivity index (χ1v) is 10.1. The molecule has 2 saturated carbocycles. The van der Waals surface area contributed by atoms with Crippen LogP contribution < -0.4 is 15.8 Å². The number of hydrogen-bond donors (Lipinski definition) is 2. The summed E-state index contributed by atoms with van der Waals surface area (Å²) in [5.74, 6) is 0.742. The molecule has 7 nitrogen and oxygen atoms in total. The normalized spacial score (nSPS) is 27.7. The largest absolute Gasteiger partial charge is 0.495 e. The van der Waals surface area contributed by atoms with E-state index in [9.17, 15) is 14.9 Å². The van der Waals surface area contributed by atoms with Gasteiger partial charge in [0.15, 0.2) is 0 Å². The van der Waals surface area contributed by atoms with Gasteiger partial charge in [-0.25, -0.2) is 0 Å². The number of benzene rings is 1. The van der Waals surface area contributed by atoms with Gasteiger partial charge < -0.3 is 15.8 Å². The van der Waals surface area contributed by atoms with Crippen molar-refractivity contribution in [2.75, 3.05) is 13.4 Å². The maximum atomic E-state index is 12.9. The summed E-state index contributed by atoms with van der Waals surface area (Å²) in [5, 5.41) is 14.6. The molecule has 2 aliphatic rings. The van der Waals surface area contributed by atoms with E-state index >= 15 is 0 Å². The summed E-state index contributed by atoms with van der Waals surface area (Å²) in [6.45, 7) is 0. The van der Waals surface area contributed by atoms with Crippen molar-refractivity contribution in [3.8, 4) is 5.75 Å². The lowest BCUT2D eigenvalue weighted by Crippen LogP contribution is -2.53. The number of rotatable bonds is 5. The highest BCUT2D eigenvalue weighted by Gasteiger charge is 2.40. The van der Waals surface area contributed by atoms with Crippen molar-refractivity contribution in [3.63, 3.8) is 0 Å². The number of carbonyl (C=O) groups excluding carboxylic acids is 1. The minimum atomic E-state index is -0.529. The van der Waals surface area contributed by atoms with Crippen LogP contribution >= 0.6 is 11.8 Å². The van der Waals surface area contributed by atoms with Gasteiger partial charge in [-0.05, 0) is 49.8 Å². The van der Waals surface area contributed by atoms with Crippen molar-refractivity contribution in [1.29, 1.82) is 0 Å². The van der Waals surface area contributed by atoms with Gasteiger partial charge in [0.1, 0.15) is 11.3 Å². The second kappa shape index (κ2) is 7.84. The Morgan fingerprint density at radius 2 is 2.00 bits per heavy atom. The standard InChI is InChI=1S/C18H25N3O4S/c1-25-15-9-14(21(23)24)13(8-16(15)26-2)18(22)20-17-10-4-3-5-11(17)7-12(19)6-10/h8-12,17H,3-7,19H2,1-2H3,(H,20,22). The van der Waals surface area contributed by atoms with E-state index in [0.29, 0.717) is 22.5 Å². The number of nitrogens with zero attached hydrogens (tertiary/aromatic N) is 1. The van der Waals surface area contributed by atoms with Crippen molar-refractivity contribution < 1.29 is 14.5 Å². The van der Waals surface area contributed by atoms with Gasteiger partial charge in [0.05, 0.1) is 23.0 Å². The predicted molar refractivity (Wildman–Crippen MR) is 101 cm³/mol. The average molecular weight is 379 g/mol. The molecule has 2 aliphatic carbocycles. The van der Waals surface area contributed by atoms with E-state index in [1.807, 2.05) is 6.26 Å². The van der Waals surface area contributed by atoms with Crippen LogP contribution in [0, 0.1) is 22.0 Å². The fraction of sp³-hybridized carbons (Fsp3) is 0.611. The third kappa shape index (κ3) is 3.66. The summed E-state index contributed by atoms with van der Waals surface area (Å²) in [7, 11) is 1.46. The Labute approximate surface area is 157 Å². The van der Waals surface area contributed by atoms with Crippen LogP contribution in [0.4, 0.5) is 5.69 Å². The number of nitro benzene ring substituents is 1. The van der Waals surface area contributed by atoms with Crippen molar-refractivity contribution >= 4 is 23.4 Å². The monoisotopic (exact) mass is 379 g/mol. The number of fused-ring (bicyclic) bond motifs is 2. The fourth-order valence-electron chi connectivity index (χ4n) is 4.46. The molecular formula is C18H25N3O4S. The zero-order valence-corrected chi connectivity index (χ0v) is 15.9. The second-order valence-electron chi connectivity index (χ2n) is 7.16. The molecule has 2 bridgehead atoms. The van der Waals surface area contributed by atoms with E-state index in [-0.39, 0.29) is 29.2 Å². The zero-order chi connectivity index (χ0) is 18.8. The van der Waals surface area contributed by atoms with Crippen molar-refractivity contribution in [3.05, 3.63) is 27.8 Å². The highest BCUT2D eigenvalue weighted by Crippen LogP contribution is 2.40. The van der Waals surface area contributed by atoms with Gasteiger partial charge in [-0.2, -0.15) is 0 Å². The number of methoxy groups -OCH3 is 1. The van der Waals surface area contributed by atoms with Crippen LogP contribution in [-0.2, 0) is 0 Å². The van der Waals surface area contributed by atoms with Crippen LogP contribution in [-0.4, -0.2) is 36.3 Å². The van der Waals surface area contributed by atoms with Crippen molar-refractivity contribution in [1.82, 2.24) is 5.32 Å². The Balaban J connectivity index is 1.88. The van der Waals surface area contributed by atoms with Gasteiger partial charge >= 0.3 is 0 Å². The summed E-state index contributed by atoms with van der Waals surface area (Å²) < 4.78 is 5.21. The van der Waals surface area contributed by atoms with Crippen LogP contribution in [0.25, 0.3) is 0 Å². The van der Waals surface area contributed by atoms with E-state index in [4.69, 9.17) is 10.5 Å². The molecule has 0 heterocycles. The third-order valence-corrected chi connectivity index (χ3v) is 6.38. The number of amides is 1. The highest BCUT2D eigenvalue weighted by atomic mass is 32.2. The minimum absolute atomic E-state index is 0.0514. The molecule has 142 valence electrons. The minimum Gasteiger partial charge on any atom is -0.495 e. The van der Waals surface area contributed by atoms with Crippen LogP contribution in [0.5, 0.6) is 5.75 Å². The maximum absolute atomic E-state index is 12.9. The quantitative estimate of drug-likeness (QED) is 0.463. The first-order valence-electron chi connectivity index (χ1n) is 8.91. The Kier molecular flexibility index (Phi) is 5.72. The zero-order valence-electron chi connectivity index (χ0n) is 15.1. The predicted octanol–water partition coefficient (Wildman–Crippen LogP) is 2.96. The molecule has 3 N–H and O–H groups in total. The van der Waals surface area contributed by atoms with Gasteiger partial charge in [0.25, 0.3) is 11.6 Å². The molecule has 26 heavy (non-hydrogen) atoms. The molecule has 1 amide bonds. The van der Waals surface area contributed by atoms with Gasteiger partial charge in [0.2, 0.25) is 0 Å². The molecule has 8 heteroatoms. The lowest BCUT2D eigenvalue weighted by atomic mass is 9.67. The van der Waals surface area contributed by atoms with Crippen molar-refractivity contribution in [2.24, 2.45) is 17.6 Å². The average Bonchev–Trinajstić information content (AvgIpc) is 2.61. The van der Waals surface area contributed by atoms with E-state index in [2.05, 4.69) is 5.32 Å². The number of hydrogen-bond acceptors (Lipinski definition) is 6. The van der Waals surface area contributed by atoms with Gasteiger partial charge in [-0.1, -0.05) is 6.42 Å². The Hall–Kier alpha value is -1.80. The number of thioether (sulfide) groups is 1. The SMILES string of the molecule is COc1cc([N+](=O)[O-])c(C(=O)NC2C3CCCC2CC(N)C3)cc1SC. The number of carbonyl (C=O) groups is 1. The lowest BCUT2D eigenvalue weighted by Gasteiger charge is -2.45. The lowest BCUT2D eigenvalue weighted by molar-refractivity contribution is -0.385. The van der Waals surface area contributed by atoms with Gasteiger partial charge in [-0.3, -0.25) is 14.9 Å². The fourth-order valence-corrected chi connectivity index (χ4v) is 5.03. The molecule has 3 rings (SSSR count). The molecule has 0 aromatic heterocycles. The topological polar surface area (TPSA) is 107 Å². The number of ether oxygens (including phenoxy) is 1. The third-order valence-electron chi connectivity index (χ3n) is 5.62. The molecule has 0 radical (unpaired) electrons. The molecule has 0 spiro atoms. The first kappa shape index (κ1) is 19.0. The van der Waals surface area contributed by atoms with Gasteiger partial charge in [0, 0.05) is 12.1 Å². The van der Waals surface area contributed by atoms with E-state index in [1.54, 1.807) is 6.07 Å². The molecule has 0 aliphatic heterocycles. The number of nitrogens with two attached hydrogens (primary N) is 1. The molecule has 2 fully saturated rings. The van der Waals surface area contributed by atoms with Crippen LogP contribution in [0.15, 0.2) is 17.0 Å². The smallest absolute Gasteiger partial charge is 0.285 e. The highest BCUT2D eigenvalue weighted by molar-refractivity contribution is 7.98. The second-order valence-corrected chi connectivity index (χ2v) is 8.01. The molecule has 0 saturated heterocycles. The molecule has 2 unspecified atom stereocenters. The Morgan fingerprint density at radius 3 is 2.54 bits per heavy atom. The summed E-state index contributed by atoms with van der Waals surface area (Å²) in [4.78, 5) is 24.6. The number of nitrogens with one attached hydrogen (secondary N) is 1. The maximum Gasteiger partial charge on any atom is 0.285 e. The van der Waals surface area contributed by atoms with E-state index in [1.165, 1.54) is 24.9 Å². The van der Waals surface area contributed by atoms with Crippen LogP contribution in [0.3, 0.4) is 0 Å². The summed E-state index contributed by atoms with van der Waals surface area (Å²) >= 11 is 1.39. The Morgan fingerprint density at radius 1 is 1.35 bits per heavy atom. The summed E-state index contributed by atoms with van der Waals surface area (Å²) in [5.41, 5.74) is 6.01. The summed E-state index contributed by atoms with van der Waals surface area (Å²) in [6.07, 6.45) is 6.92. The van der Waals surface area contributed by atoms with Gasteiger partial charge in [-0.15, -0.1) is 11.8 Å². The molecule has 2 atom stereocenters. The number of nitro groups is 1. The molecular weight excluding hydrogens is 354 g/mol. The Bertz CT molecular complexity index is 698. The van der Waals surface area contributed by atoms with Crippen LogP contribution in [0.2, 0.25) is 0 Å². The molecule has 1 aromatic rings. The van der Waals surface area contributed by atoms with Crippen LogP contribution in [0.1, 0.15) is 42.5 Å². The van der Waals surface area contributed by atoms with Crippen molar-refractivity contribution in [2.45, 2.75) is 49.1 Å². The summed E-state index contributed by atoms with van der Waals surface area (Å²) in [6, 6.07) is 3.13. The first-order chi connectivity index (χ1) is 12.4.